The molecule has 1 aliphatic rings. The summed E-state index contributed by atoms with van der Waals surface area (Å²) in [5.74, 6) is 0.177. The lowest BCUT2D eigenvalue weighted by Gasteiger charge is -2.32. The maximum absolute atomic E-state index is 12.7. The zero-order valence-electron chi connectivity index (χ0n) is 13.4. The quantitative estimate of drug-likeness (QED) is 0.873. The number of carbonyl (C=O) groups excluding carboxylic acids is 1. The zero-order chi connectivity index (χ0) is 15.5. The largest absolute Gasteiger partial charge is 0.377 e. The maximum atomic E-state index is 12.7. The Morgan fingerprint density at radius 3 is 2.52 bits per heavy atom. The summed E-state index contributed by atoms with van der Waals surface area (Å²) < 4.78 is 5.47. The van der Waals surface area contributed by atoms with Crippen LogP contribution in [0.3, 0.4) is 0 Å². The smallest absolute Gasteiger partial charge is 0.241 e. The summed E-state index contributed by atoms with van der Waals surface area (Å²) in [5, 5.41) is 3.46. The number of amides is 1. The average Bonchev–Trinajstić information content (AvgIpc) is 2.76. The van der Waals surface area contributed by atoms with Crippen LogP contribution in [0.2, 0.25) is 0 Å². The van der Waals surface area contributed by atoms with Gasteiger partial charge in [-0.1, -0.05) is 37.3 Å². The molecule has 1 fully saturated rings. The van der Waals surface area contributed by atoms with Crippen molar-refractivity contribution in [2.24, 2.45) is 0 Å². The molecule has 4 heteroatoms. The number of nitrogens with one attached hydrogen (secondary N) is 1. The van der Waals surface area contributed by atoms with Crippen molar-refractivity contribution >= 4 is 5.91 Å². The van der Waals surface area contributed by atoms with Crippen LogP contribution in [0.1, 0.15) is 32.8 Å². The summed E-state index contributed by atoms with van der Waals surface area (Å²) in [7, 11) is 1.69. The predicted octanol–water partition coefficient (Wildman–Crippen LogP) is 2.19. The second-order valence-corrected chi connectivity index (χ2v) is 6.26. The van der Waals surface area contributed by atoms with Crippen LogP contribution in [0.4, 0.5) is 0 Å². The van der Waals surface area contributed by atoms with Crippen LogP contribution in [0.25, 0.3) is 0 Å². The monoisotopic (exact) mass is 290 g/mol. The second-order valence-electron chi connectivity index (χ2n) is 6.26. The van der Waals surface area contributed by atoms with Gasteiger partial charge in [0.2, 0.25) is 5.91 Å². The van der Waals surface area contributed by atoms with Crippen LogP contribution in [0, 0.1) is 0 Å². The van der Waals surface area contributed by atoms with Gasteiger partial charge in [0.25, 0.3) is 0 Å². The van der Waals surface area contributed by atoms with Crippen LogP contribution in [0.15, 0.2) is 30.3 Å². The Balaban J connectivity index is 2.08. The Bertz CT molecular complexity index is 473. The van der Waals surface area contributed by atoms with Crippen molar-refractivity contribution in [3.8, 4) is 0 Å². The summed E-state index contributed by atoms with van der Waals surface area (Å²) >= 11 is 0. The molecule has 21 heavy (non-hydrogen) atoms. The summed E-state index contributed by atoms with van der Waals surface area (Å²) in [6.07, 6.45) is 1.73. The molecular weight excluding hydrogens is 264 g/mol. The van der Waals surface area contributed by atoms with E-state index in [-0.39, 0.29) is 23.7 Å². The van der Waals surface area contributed by atoms with Crippen LogP contribution >= 0.6 is 0 Å². The molecule has 1 aromatic rings. The topological polar surface area (TPSA) is 41.6 Å². The highest BCUT2D eigenvalue weighted by Crippen LogP contribution is 2.21. The molecule has 1 N–H and O–H groups in total. The van der Waals surface area contributed by atoms with Gasteiger partial charge < -0.3 is 9.64 Å². The molecule has 0 spiro atoms. The Hall–Kier alpha value is -1.39. The highest BCUT2D eigenvalue weighted by atomic mass is 16.5. The van der Waals surface area contributed by atoms with Gasteiger partial charge in [0.15, 0.2) is 0 Å². The highest BCUT2D eigenvalue weighted by molar-refractivity contribution is 5.84. The first-order chi connectivity index (χ1) is 9.96. The number of hydrogen-bond donors (Lipinski definition) is 1. The number of ether oxygens (including phenoxy) is 1. The summed E-state index contributed by atoms with van der Waals surface area (Å²) in [5.41, 5.74) is 0.859. The van der Waals surface area contributed by atoms with Crippen LogP contribution in [0.5, 0.6) is 0 Å². The lowest BCUT2D eigenvalue weighted by Crippen LogP contribution is -2.46. The molecule has 2 rings (SSSR count). The molecule has 2 unspecified atom stereocenters. The number of nitrogens with zero attached hydrogens (tertiary/aromatic N) is 1. The van der Waals surface area contributed by atoms with Gasteiger partial charge >= 0.3 is 0 Å². The van der Waals surface area contributed by atoms with Gasteiger partial charge in [0, 0.05) is 7.11 Å². The molecule has 1 aromatic carbocycles. The van der Waals surface area contributed by atoms with Crippen molar-refractivity contribution in [1.82, 2.24) is 10.2 Å². The van der Waals surface area contributed by atoms with E-state index in [2.05, 4.69) is 24.4 Å². The first kappa shape index (κ1) is 16.0. The molecule has 116 valence electrons. The van der Waals surface area contributed by atoms with E-state index in [4.69, 9.17) is 4.74 Å². The molecule has 0 aromatic heterocycles. The van der Waals surface area contributed by atoms with Crippen LogP contribution in [-0.4, -0.2) is 42.3 Å². The Labute approximate surface area is 127 Å². The fourth-order valence-corrected chi connectivity index (χ4v) is 2.74. The van der Waals surface area contributed by atoms with E-state index in [1.165, 1.54) is 5.56 Å². The predicted molar refractivity (Wildman–Crippen MR) is 83.9 cm³/mol. The molecule has 0 radical (unpaired) electrons. The maximum Gasteiger partial charge on any atom is 0.241 e. The third-order valence-corrected chi connectivity index (χ3v) is 4.12. The standard InChI is InChI=1S/C17H26N2O2/c1-5-15-18-14(11-13-9-7-6-8-10-13)16(20)19(15)12-17(2,3)21-4/h6-10,14-15,18H,5,11-12H2,1-4H3. The summed E-state index contributed by atoms with van der Waals surface area (Å²) in [6, 6.07) is 10.0. The fourth-order valence-electron chi connectivity index (χ4n) is 2.74. The van der Waals surface area contributed by atoms with E-state index in [0.717, 1.165) is 12.8 Å². The van der Waals surface area contributed by atoms with Crippen LogP contribution < -0.4 is 5.32 Å². The minimum Gasteiger partial charge on any atom is -0.377 e. The van der Waals surface area contributed by atoms with Gasteiger partial charge in [0.1, 0.15) is 0 Å². The van der Waals surface area contributed by atoms with Crippen molar-refractivity contribution < 1.29 is 9.53 Å². The van der Waals surface area contributed by atoms with E-state index < -0.39 is 0 Å². The van der Waals surface area contributed by atoms with E-state index in [0.29, 0.717) is 6.54 Å². The molecule has 0 aliphatic carbocycles. The third kappa shape index (κ3) is 3.83. The van der Waals surface area contributed by atoms with Gasteiger partial charge in [-0.2, -0.15) is 0 Å². The minimum atomic E-state index is -0.327. The molecule has 1 amide bonds. The van der Waals surface area contributed by atoms with E-state index in [1.54, 1.807) is 7.11 Å². The summed E-state index contributed by atoms with van der Waals surface area (Å²) in [4.78, 5) is 14.6. The fraction of sp³-hybridized carbons (Fsp3) is 0.588. The lowest BCUT2D eigenvalue weighted by atomic mass is 10.1. The van der Waals surface area contributed by atoms with Gasteiger partial charge in [-0.15, -0.1) is 0 Å². The van der Waals surface area contributed by atoms with Crippen molar-refractivity contribution in [3.05, 3.63) is 35.9 Å². The molecular formula is C17H26N2O2. The Morgan fingerprint density at radius 2 is 1.95 bits per heavy atom. The molecule has 0 bridgehead atoms. The van der Waals surface area contributed by atoms with Crippen molar-refractivity contribution in [3.63, 3.8) is 0 Å². The van der Waals surface area contributed by atoms with Crippen molar-refractivity contribution in [1.29, 1.82) is 0 Å². The first-order valence-electron chi connectivity index (χ1n) is 7.62. The summed E-state index contributed by atoms with van der Waals surface area (Å²) in [6.45, 7) is 6.73. The first-order valence-corrected chi connectivity index (χ1v) is 7.62. The van der Waals surface area contributed by atoms with Crippen LogP contribution in [-0.2, 0) is 16.0 Å². The number of benzene rings is 1. The van der Waals surface area contributed by atoms with Gasteiger partial charge in [-0.25, -0.2) is 0 Å². The SMILES string of the molecule is CCC1NC(Cc2ccccc2)C(=O)N1CC(C)(C)OC. The number of hydrogen-bond acceptors (Lipinski definition) is 3. The average molecular weight is 290 g/mol. The highest BCUT2D eigenvalue weighted by Gasteiger charge is 2.40. The zero-order valence-corrected chi connectivity index (χ0v) is 13.4. The van der Waals surface area contributed by atoms with E-state index in [9.17, 15) is 4.79 Å². The Kier molecular flexibility index (Phi) is 5.01. The number of methoxy groups -OCH3 is 1. The van der Waals surface area contributed by atoms with E-state index in [1.807, 2.05) is 36.9 Å². The number of carbonyl (C=O) groups is 1. The van der Waals surface area contributed by atoms with Crippen molar-refractivity contribution in [2.75, 3.05) is 13.7 Å². The molecule has 0 saturated carbocycles. The second kappa shape index (κ2) is 6.58. The van der Waals surface area contributed by atoms with Gasteiger partial charge in [0.05, 0.1) is 24.4 Å². The van der Waals surface area contributed by atoms with Gasteiger partial charge in [-0.05, 0) is 32.3 Å². The third-order valence-electron chi connectivity index (χ3n) is 4.12. The minimum absolute atomic E-state index is 0.0978. The molecule has 2 atom stereocenters. The molecule has 1 heterocycles. The Morgan fingerprint density at radius 1 is 1.29 bits per heavy atom. The normalized spacial score (nSPS) is 22.9. The molecule has 4 nitrogen and oxygen atoms in total. The number of rotatable bonds is 6. The lowest BCUT2D eigenvalue weighted by molar-refractivity contribution is -0.133. The van der Waals surface area contributed by atoms with Gasteiger partial charge in [-0.3, -0.25) is 10.1 Å². The van der Waals surface area contributed by atoms with Crippen molar-refractivity contribution in [2.45, 2.75) is 51.4 Å². The van der Waals surface area contributed by atoms with E-state index >= 15 is 0 Å². The molecule has 1 saturated heterocycles. The molecule has 1 aliphatic heterocycles.